The second-order valence-corrected chi connectivity index (χ2v) is 6.96. The number of benzene rings is 1. The summed E-state index contributed by atoms with van der Waals surface area (Å²) in [6, 6.07) is 10.0. The van der Waals surface area contributed by atoms with E-state index in [1.54, 1.807) is 24.3 Å². The number of aryl methyl sites for hydroxylation is 1. The minimum Gasteiger partial charge on any atom is -0.236 e. The number of nitrogens with zero attached hydrogens (tertiary/aromatic N) is 3. The number of hydrogen-bond acceptors (Lipinski definition) is 4. The van der Waals surface area contributed by atoms with Gasteiger partial charge in [-0.25, -0.2) is 17.4 Å². The van der Waals surface area contributed by atoms with E-state index in [4.69, 9.17) is 16.9 Å². The van der Waals surface area contributed by atoms with Crippen molar-refractivity contribution in [3.05, 3.63) is 58.9 Å². The summed E-state index contributed by atoms with van der Waals surface area (Å²) in [6.45, 7) is 1.88. The van der Waals surface area contributed by atoms with E-state index in [2.05, 4.69) is 4.98 Å². The van der Waals surface area contributed by atoms with Gasteiger partial charge in [-0.2, -0.15) is 5.26 Å². The van der Waals surface area contributed by atoms with Crippen molar-refractivity contribution < 1.29 is 8.42 Å². The van der Waals surface area contributed by atoms with Crippen LogP contribution in [-0.4, -0.2) is 17.4 Å². The predicted octanol–water partition coefficient (Wildman–Crippen LogP) is 3.11. The van der Waals surface area contributed by atoms with E-state index in [-0.39, 0.29) is 21.1 Å². The van der Waals surface area contributed by atoms with E-state index in [1.807, 2.05) is 13.0 Å². The largest absolute Gasteiger partial charge is 0.269 e. The molecule has 0 amide bonds. The average Bonchev–Trinajstić information content (AvgIpc) is 2.94. The molecule has 0 aliphatic rings. The first-order chi connectivity index (χ1) is 10.4. The Morgan fingerprint density at radius 1 is 1.23 bits per heavy atom. The Hall–Kier alpha value is -2.36. The van der Waals surface area contributed by atoms with Crippen molar-refractivity contribution in [3.8, 4) is 6.07 Å². The van der Waals surface area contributed by atoms with Crippen LogP contribution >= 0.6 is 11.6 Å². The van der Waals surface area contributed by atoms with Gasteiger partial charge in [0.25, 0.3) is 10.0 Å². The molecule has 0 N–H and O–H groups in total. The van der Waals surface area contributed by atoms with Crippen molar-refractivity contribution in [2.75, 3.05) is 0 Å². The topological polar surface area (TPSA) is 75.8 Å². The number of aromatic nitrogens is 2. The fraction of sp³-hybridized carbons (Fsp3) is 0.0667. The van der Waals surface area contributed by atoms with Crippen LogP contribution in [0.1, 0.15) is 11.1 Å². The Labute approximate surface area is 132 Å². The number of pyridine rings is 1. The van der Waals surface area contributed by atoms with Gasteiger partial charge >= 0.3 is 0 Å². The molecular weight excluding hydrogens is 322 g/mol. The number of rotatable bonds is 2. The van der Waals surface area contributed by atoms with Crippen molar-refractivity contribution in [1.82, 2.24) is 8.96 Å². The first-order valence-electron chi connectivity index (χ1n) is 6.33. The molecule has 0 aliphatic heterocycles. The predicted molar refractivity (Wildman–Crippen MR) is 83.2 cm³/mol. The first-order valence-corrected chi connectivity index (χ1v) is 8.15. The molecule has 3 aromatic rings. The molecule has 0 atom stereocenters. The van der Waals surface area contributed by atoms with Crippen molar-refractivity contribution in [2.24, 2.45) is 0 Å². The van der Waals surface area contributed by atoms with Gasteiger partial charge in [-0.15, -0.1) is 0 Å². The molecule has 7 heteroatoms. The van der Waals surface area contributed by atoms with Crippen molar-refractivity contribution >= 4 is 32.7 Å². The number of halogens is 1. The Kier molecular flexibility index (Phi) is 3.39. The van der Waals surface area contributed by atoms with Gasteiger partial charge in [0, 0.05) is 17.8 Å². The lowest BCUT2D eigenvalue weighted by Crippen LogP contribution is -2.12. The molecular formula is C15H10ClN3O2S. The van der Waals surface area contributed by atoms with E-state index in [9.17, 15) is 8.42 Å². The van der Waals surface area contributed by atoms with E-state index in [1.165, 1.54) is 18.5 Å². The molecule has 0 saturated carbocycles. The molecule has 0 unspecified atom stereocenters. The first kappa shape index (κ1) is 14.6. The normalized spacial score (nSPS) is 11.5. The molecule has 3 rings (SSSR count). The van der Waals surface area contributed by atoms with Crippen LogP contribution in [0.25, 0.3) is 11.0 Å². The maximum absolute atomic E-state index is 12.7. The zero-order valence-electron chi connectivity index (χ0n) is 11.5. The molecule has 0 radical (unpaired) electrons. The average molecular weight is 332 g/mol. The quantitative estimate of drug-likeness (QED) is 0.723. The summed E-state index contributed by atoms with van der Waals surface area (Å²) in [4.78, 5) is 4.22. The standard InChI is InChI=1S/C15H10ClN3O2S/c1-10-2-4-12(5-3-10)22(20,21)19-7-6-13-14(16)11(8-17)9-18-15(13)19/h2-7,9H,1H3. The van der Waals surface area contributed by atoms with E-state index >= 15 is 0 Å². The lowest BCUT2D eigenvalue weighted by Gasteiger charge is -2.07. The van der Waals surface area contributed by atoms with Gasteiger partial charge in [-0.3, -0.25) is 0 Å². The van der Waals surface area contributed by atoms with Crippen LogP contribution in [0.4, 0.5) is 0 Å². The van der Waals surface area contributed by atoms with Crippen LogP contribution in [0.2, 0.25) is 5.02 Å². The van der Waals surface area contributed by atoms with Gasteiger partial charge < -0.3 is 0 Å². The summed E-state index contributed by atoms with van der Waals surface area (Å²) in [7, 11) is -3.76. The molecule has 0 spiro atoms. The third-order valence-corrected chi connectivity index (χ3v) is 5.40. The molecule has 0 aliphatic carbocycles. The number of hydrogen-bond donors (Lipinski definition) is 0. The van der Waals surface area contributed by atoms with Crippen molar-refractivity contribution in [3.63, 3.8) is 0 Å². The fourth-order valence-electron chi connectivity index (χ4n) is 2.13. The summed E-state index contributed by atoms with van der Waals surface area (Å²) in [5.74, 6) is 0. The van der Waals surface area contributed by atoms with Gasteiger partial charge in [-0.1, -0.05) is 29.3 Å². The highest BCUT2D eigenvalue weighted by atomic mass is 35.5. The van der Waals surface area contributed by atoms with Crippen LogP contribution < -0.4 is 0 Å². The van der Waals surface area contributed by atoms with Crippen LogP contribution in [0, 0.1) is 18.3 Å². The Bertz CT molecular complexity index is 1020. The van der Waals surface area contributed by atoms with Gasteiger partial charge in [0.15, 0.2) is 5.65 Å². The SMILES string of the molecule is Cc1ccc(S(=O)(=O)n2ccc3c(Cl)c(C#N)cnc32)cc1. The van der Waals surface area contributed by atoms with Crippen LogP contribution in [0.5, 0.6) is 0 Å². The maximum atomic E-state index is 12.7. The van der Waals surface area contributed by atoms with E-state index in [0.29, 0.717) is 5.39 Å². The highest BCUT2D eigenvalue weighted by Gasteiger charge is 2.21. The summed E-state index contributed by atoms with van der Waals surface area (Å²) < 4.78 is 26.5. The van der Waals surface area contributed by atoms with E-state index < -0.39 is 10.0 Å². The highest BCUT2D eigenvalue weighted by molar-refractivity contribution is 7.90. The van der Waals surface area contributed by atoms with Gasteiger partial charge in [0.1, 0.15) is 6.07 Å². The molecule has 0 saturated heterocycles. The van der Waals surface area contributed by atoms with Gasteiger partial charge in [0.2, 0.25) is 0 Å². The summed E-state index contributed by atoms with van der Waals surface area (Å²) >= 11 is 6.10. The maximum Gasteiger partial charge on any atom is 0.269 e. The van der Waals surface area contributed by atoms with Crippen molar-refractivity contribution in [1.29, 1.82) is 5.26 Å². The Morgan fingerprint density at radius 3 is 2.55 bits per heavy atom. The Balaban J connectivity index is 2.25. The smallest absolute Gasteiger partial charge is 0.236 e. The minimum absolute atomic E-state index is 0.165. The van der Waals surface area contributed by atoms with E-state index in [0.717, 1.165) is 9.54 Å². The highest BCUT2D eigenvalue weighted by Crippen LogP contribution is 2.28. The third kappa shape index (κ3) is 2.15. The lowest BCUT2D eigenvalue weighted by molar-refractivity contribution is 0.588. The molecule has 22 heavy (non-hydrogen) atoms. The third-order valence-electron chi connectivity index (χ3n) is 3.31. The Morgan fingerprint density at radius 2 is 1.91 bits per heavy atom. The number of nitriles is 1. The lowest BCUT2D eigenvalue weighted by atomic mass is 10.2. The van der Waals surface area contributed by atoms with Crippen LogP contribution in [-0.2, 0) is 10.0 Å². The molecule has 2 heterocycles. The van der Waals surface area contributed by atoms with Crippen LogP contribution in [0.15, 0.2) is 47.6 Å². The monoisotopic (exact) mass is 331 g/mol. The number of fused-ring (bicyclic) bond motifs is 1. The zero-order valence-corrected chi connectivity index (χ0v) is 13.1. The minimum atomic E-state index is -3.76. The zero-order chi connectivity index (χ0) is 15.9. The fourth-order valence-corrected chi connectivity index (χ4v) is 3.67. The molecule has 2 aromatic heterocycles. The second kappa shape index (κ2) is 5.13. The van der Waals surface area contributed by atoms with Gasteiger partial charge in [-0.05, 0) is 25.1 Å². The molecule has 110 valence electrons. The summed E-state index contributed by atoms with van der Waals surface area (Å²) in [5, 5.41) is 9.58. The summed E-state index contributed by atoms with van der Waals surface area (Å²) in [6.07, 6.45) is 2.66. The molecule has 0 fully saturated rings. The molecule has 1 aromatic carbocycles. The van der Waals surface area contributed by atoms with Crippen molar-refractivity contribution in [2.45, 2.75) is 11.8 Å². The van der Waals surface area contributed by atoms with Crippen LogP contribution in [0.3, 0.4) is 0 Å². The molecule has 0 bridgehead atoms. The summed E-state index contributed by atoms with van der Waals surface area (Å²) in [5.41, 5.74) is 1.38. The molecule has 5 nitrogen and oxygen atoms in total. The second-order valence-electron chi connectivity index (χ2n) is 4.76. The van der Waals surface area contributed by atoms with Gasteiger partial charge in [0.05, 0.1) is 15.5 Å².